The third-order valence-corrected chi connectivity index (χ3v) is 5.12. The number of ether oxygens (including phenoxy) is 1. The van der Waals surface area contributed by atoms with Gasteiger partial charge in [-0.3, -0.25) is 14.4 Å². The summed E-state index contributed by atoms with van der Waals surface area (Å²) in [5.74, 6) is 1.48. The number of nitrogens with two attached hydrogens (primary N) is 1. The largest absolute Gasteiger partial charge is 0.494 e. The number of aryl methyl sites for hydroxylation is 1. The monoisotopic (exact) mass is 399 g/mol. The van der Waals surface area contributed by atoms with Crippen LogP contribution in [0.15, 0.2) is 36.5 Å². The lowest BCUT2D eigenvalue weighted by atomic mass is 10.1. The molecule has 7 heteroatoms. The van der Waals surface area contributed by atoms with E-state index in [0.717, 1.165) is 25.1 Å². The predicted molar refractivity (Wildman–Crippen MR) is 115 cm³/mol. The first-order valence-corrected chi connectivity index (χ1v) is 10.7. The average molecular weight is 400 g/mol. The fourth-order valence-corrected chi connectivity index (χ4v) is 3.59. The quantitative estimate of drug-likeness (QED) is 0.568. The van der Waals surface area contributed by atoms with Crippen molar-refractivity contribution in [2.45, 2.75) is 51.6 Å². The summed E-state index contributed by atoms with van der Waals surface area (Å²) in [5.41, 5.74) is 6.87. The van der Waals surface area contributed by atoms with Crippen LogP contribution in [0.1, 0.15) is 44.1 Å². The first-order valence-electron chi connectivity index (χ1n) is 10.7. The van der Waals surface area contributed by atoms with Crippen molar-refractivity contribution in [2.24, 2.45) is 0 Å². The maximum atomic E-state index is 11.9. The summed E-state index contributed by atoms with van der Waals surface area (Å²) in [6, 6.07) is 10.1. The molecule has 1 aromatic heterocycles. The summed E-state index contributed by atoms with van der Waals surface area (Å²) in [6.45, 7) is 5.31. The second-order valence-corrected chi connectivity index (χ2v) is 7.64. The van der Waals surface area contributed by atoms with Crippen LogP contribution in [-0.4, -0.2) is 46.8 Å². The molecule has 2 aromatic rings. The fraction of sp³-hybridized carbons (Fsp3) is 0.545. The van der Waals surface area contributed by atoms with Gasteiger partial charge in [-0.05, 0) is 62.5 Å². The van der Waals surface area contributed by atoms with Crippen LogP contribution in [0.25, 0.3) is 0 Å². The van der Waals surface area contributed by atoms with Gasteiger partial charge in [0.15, 0.2) is 0 Å². The molecule has 1 aliphatic rings. The van der Waals surface area contributed by atoms with Gasteiger partial charge in [-0.25, -0.2) is 0 Å². The van der Waals surface area contributed by atoms with Crippen LogP contribution in [0.5, 0.6) is 5.75 Å². The topological polar surface area (TPSA) is 85.4 Å². The Kier molecular flexibility index (Phi) is 8.37. The molecule has 0 radical (unpaired) electrons. The second-order valence-electron chi connectivity index (χ2n) is 7.64. The number of rotatable bonds is 11. The summed E-state index contributed by atoms with van der Waals surface area (Å²) in [5, 5.41) is 7.05. The Balaban J connectivity index is 1.26. The number of carbonyl (C=O) groups excluding carboxylic acids is 1. The van der Waals surface area contributed by atoms with Crippen molar-refractivity contribution in [3.05, 3.63) is 42.1 Å². The number of benzene rings is 1. The highest BCUT2D eigenvalue weighted by Crippen LogP contribution is 2.17. The molecule has 1 saturated heterocycles. The minimum atomic E-state index is 0.0636. The Labute approximate surface area is 173 Å². The Bertz CT molecular complexity index is 755. The van der Waals surface area contributed by atoms with E-state index in [1.807, 2.05) is 12.3 Å². The van der Waals surface area contributed by atoms with Gasteiger partial charge in [0, 0.05) is 32.3 Å². The van der Waals surface area contributed by atoms with Crippen LogP contribution in [-0.2, 0) is 17.9 Å². The van der Waals surface area contributed by atoms with Crippen molar-refractivity contribution in [3.63, 3.8) is 0 Å². The van der Waals surface area contributed by atoms with E-state index in [-0.39, 0.29) is 5.91 Å². The average Bonchev–Trinajstić information content (AvgIpc) is 3.14. The van der Waals surface area contributed by atoms with Gasteiger partial charge in [-0.1, -0.05) is 18.6 Å². The standard InChI is InChI=1S/C22H33N5O2/c23-21-10-15-27(25-21)14-5-9-22(28)24-11-6-16-29-20-8-4-7-19(17-20)18-26-12-2-1-3-13-26/h4,7-8,10,15,17H,1-3,5-6,9,11-14,16,18H2,(H2,23,25)(H,24,28). The van der Waals surface area contributed by atoms with Crippen LogP contribution in [0.4, 0.5) is 5.82 Å². The Morgan fingerprint density at radius 1 is 1.17 bits per heavy atom. The molecule has 3 rings (SSSR count). The van der Waals surface area contributed by atoms with Gasteiger partial charge in [-0.2, -0.15) is 5.10 Å². The molecule has 7 nitrogen and oxygen atoms in total. The lowest BCUT2D eigenvalue weighted by Crippen LogP contribution is -2.29. The van der Waals surface area contributed by atoms with E-state index in [0.29, 0.717) is 31.9 Å². The molecule has 0 spiro atoms. The van der Waals surface area contributed by atoms with Crippen LogP contribution in [0.3, 0.4) is 0 Å². The molecular weight excluding hydrogens is 366 g/mol. The van der Waals surface area contributed by atoms with Crippen molar-refractivity contribution < 1.29 is 9.53 Å². The highest BCUT2D eigenvalue weighted by atomic mass is 16.5. The van der Waals surface area contributed by atoms with Crippen molar-refractivity contribution in [1.82, 2.24) is 20.0 Å². The Morgan fingerprint density at radius 3 is 2.83 bits per heavy atom. The smallest absolute Gasteiger partial charge is 0.220 e. The van der Waals surface area contributed by atoms with Crippen molar-refractivity contribution in [1.29, 1.82) is 0 Å². The lowest BCUT2D eigenvalue weighted by molar-refractivity contribution is -0.121. The first-order chi connectivity index (χ1) is 14.2. The van der Waals surface area contributed by atoms with Gasteiger partial charge in [0.1, 0.15) is 11.6 Å². The number of nitrogen functional groups attached to an aromatic ring is 1. The molecule has 158 valence electrons. The zero-order valence-corrected chi connectivity index (χ0v) is 17.2. The Morgan fingerprint density at radius 2 is 2.03 bits per heavy atom. The third kappa shape index (κ3) is 7.77. The van der Waals surface area contributed by atoms with E-state index in [1.54, 1.807) is 10.7 Å². The number of anilines is 1. The van der Waals surface area contributed by atoms with E-state index < -0.39 is 0 Å². The van der Waals surface area contributed by atoms with Crippen LogP contribution in [0, 0.1) is 0 Å². The fourth-order valence-electron chi connectivity index (χ4n) is 3.59. The van der Waals surface area contributed by atoms with Gasteiger partial charge < -0.3 is 15.8 Å². The molecule has 0 bridgehead atoms. The summed E-state index contributed by atoms with van der Waals surface area (Å²) >= 11 is 0. The number of hydrogen-bond acceptors (Lipinski definition) is 5. The van der Waals surface area contributed by atoms with Gasteiger partial charge in [0.05, 0.1) is 6.61 Å². The van der Waals surface area contributed by atoms with E-state index in [2.05, 4.69) is 33.5 Å². The molecule has 0 saturated carbocycles. The van der Waals surface area contributed by atoms with Gasteiger partial charge in [0.25, 0.3) is 0 Å². The number of carbonyl (C=O) groups is 1. The maximum Gasteiger partial charge on any atom is 0.220 e. The highest BCUT2D eigenvalue weighted by molar-refractivity contribution is 5.75. The summed E-state index contributed by atoms with van der Waals surface area (Å²) in [7, 11) is 0. The first kappa shape index (κ1) is 21.2. The number of nitrogens with zero attached hydrogens (tertiary/aromatic N) is 3. The number of hydrogen-bond donors (Lipinski definition) is 2. The minimum absolute atomic E-state index is 0.0636. The molecule has 1 fully saturated rings. The van der Waals surface area contributed by atoms with Gasteiger partial charge in [0.2, 0.25) is 5.91 Å². The van der Waals surface area contributed by atoms with E-state index in [4.69, 9.17) is 10.5 Å². The molecule has 29 heavy (non-hydrogen) atoms. The van der Waals surface area contributed by atoms with Gasteiger partial charge in [-0.15, -0.1) is 0 Å². The van der Waals surface area contributed by atoms with E-state index >= 15 is 0 Å². The molecular formula is C22H33N5O2. The molecule has 2 heterocycles. The zero-order valence-electron chi connectivity index (χ0n) is 17.2. The number of aromatic nitrogens is 2. The van der Waals surface area contributed by atoms with Crippen molar-refractivity contribution >= 4 is 11.7 Å². The maximum absolute atomic E-state index is 11.9. The van der Waals surface area contributed by atoms with Crippen LogP contribution >= 0.6 is 0 Å². The van der Waals surface area contributed by atoms with Crippen LogP contribution < -0.4 is 15.8 Å². The summed E-state index contributed by atoms with van der Waals surface area (Å²) in [4.78, 5) is 14.4. The summed E-state index contributed by atoms with van der Waals surface area (Å²) < 4.78 is 7.63. The van der Waals surface area contributed by atoms with Gasteiger partial charge >= 0.3 is 0 Å². The molecule has 1 amide bonds. The van der Waals surface area contributed by atoms with Crippen LogP contribution in [0.2, 0.25) is 0 Å². The highest BCUT2D eigenvalue weighted by Gasteiger charge is 2.10. The molecule has 3 N–H and O–H groups in total. The molecule has 0 atom stereocenters. The predicted octanol–water partition coefficient (Wildman–Crippen LogP) is 2.82. The zero-order chi connectivity index (χ0) is 20.3. The number of amides is 1. The number of nitrogens with one attached hydrogen (secondary N) is 1. The minimum Gasteiger partial charge on any atom is -0.494 e. The third-order valence-electron chi connectivity index (χ3n) is 5.12. The normalized spacial score (nSPS) is 14.6. The SMILES string of the molecule is Nc1ccn(CCCC(=O)NCCCOc2cccc(CN3CCCCC3)c2)n1. The Hall–Kier alpha value is -2.54. The number of likely N-dealkylation sites (tertiary alicyclic amines) is 1. The van der Waals surface area contributed by atoms with E-state index in [9.17, 15) is 4.79 Å². The molecule has 0 aliphatic carbocycles. The molecule has 1 aliphatic heterocycles. The number of piperidine rings is 1. The molecule has 0 unspecified atom stereocenters. The summed E-state index contributed by atoms with van der Waals surface area (Å²) in [6.07, 6.45) is 7.81. The molecule has 1 aromatic carbocycles. The lowest BCUT2D eigenvalue weighted by Gasteiger charge is -2.26. The van der Waals surface area contributed by atoms with Crippen molar-refractivity contribution in [2.75, 3.05) is 32.0 Å². The van der Waals surface area contributed by atoms with Crippen molar-refractivity contribution in [3.8, 4) is 5.75 Å². The van der Waals surface area contributed by atoms with E-state index in [1.165, 1.54) is 37.9 Å². The second kappa shape index (κ2) is 11.5.